The van der Waals surface area contributed by atoms with Gasteiger partial charge in [0.1, 0.15) is 37.2 Å². The first-order valence-corrected chi connectivity index (χ1v) is 11.1. The molecule has 0 atom stereocenters. The van der Waals surface area contributed by atoms with Crippen molar-refractivity contribution in [2.45, 2.75) is 13.5 Å². The van der Waals surface area contributed by atoms with E-state index in [2.05, 4.69) is 20.3 Å². The van der Waals surface area contributed by atoms with Gasteiger partial charge in [0.15, 0.2) is 0 Å². The van der Waals surface area contributed by atoms with Gasteiger partial charge in [0, 0.05) is 24.7 Å². The Morgan fingerprint density at radius 1 is 1.06 bits per heavy atom. The molecule has 0 aliphatic rings. The largest absolute Gasteiger partial charge is 0.464 e. The first kappa shape index (κ1) is 26.4. The van der Waals surface area contributed by atoms with E-state index in [0.29, 0.717) is 22.3 Å². The minimum Gasteiger partial charge on any atom is -0.464 e. The fourth-order valence-electron chi connectivity index (χ4n) is 3.14. The van der Waals surface area contributed by atoms with Crippen LogP contribution in [0.1, 0.15) is 23.6 Å². The molecule has 0 saturated heterocycles. The Kier molecular flexibility index (Phi) is 9.18. The lowest BCUT2D eigenvalue weighted by molar-refractivity contribution is -0.132. The number of hydrogen-bond donors (Lipinski definition) is 0. The molecule has 0 radical (unpaired) electrons. The van der Waals surface area contributed by atoms with Crippen LogP contribution in [0, 0.1) is 0 Å². The molecular formula is C25H26ClN5O5. The van der Waals surface area contributed by atoms with Crippen LogP contribution in [0.5, 0.6) is 11.6 Å². The third-order valence-corrected chi connectivity index (χ3v) is 5.04. The number of methoxy groups -OCH3 is 1. The highest BCUT2D eigenvalue weighted by Gasteiger charge is 2.27. The number of nitrogens with zero attached hydrogens (tertiary/aromatic N) is 5. The first-order valence-electron chi connectivity index (χ1n) is 10.8. The van der Waals surface area contributed by atoms with Crippen molar-refractivity contribution in [2.24, 2.45) is 10.3 Å². The summed E-state index contributed by atoms with van der Waals surface area (Å²) in [5.41, 5.74) is 2.39. The lowest BCUT2D eigenvalue weighted by Gasteiger charge is -2.18. The number of benzene rings is 2. The predicted octanol–water partition coefficient (Wildman–Crippen LogP) is 4.45. The molecule has 0 N–H and O–H groups in total. The Hall–Kier alpha value is -4.18. The molecule has 10 nitrogen and oxygen atoms in total. The van der Waals surface area contributed by atoms with Crippen LogP contribution in [-0.2, 0) is 25.8 Å². The minimum absolute atomic E-state index is 0.0962. The molecule has 3 aromatic rings. The lowest BCUT2D eigenvalue weighted by atomic mass is 10.1. The summed E-state index contributed by atoms with van der Waals surface area (Å²) in [6.45, 7) is 2.10. The van der Waals surface area contributed by atoms with Gasteiger partial charge < -0.3 is 24.0 Å². The molecule has 1 aromatic heterocycles. The number of ether oxygens (including phenoxy) is 2. The predicted molar refractivity (Wildman–Crippen MR) is 137 cm³/mol. The summed E-state index contributed by atoms with van der Waals surface area (Å²) in [6, 6.07) is 14.6. The molecule has 3 rings (SSSR count). The van der Waals surface area contributed by atoms with Crippen LogP contribution in [0.25, 0.3) is 0 Å². The second-order valence-corrected chi connectivity index (χ2v) is 8.03. The van der Waals surface area contributed by atoms with Crippen LogP contribution in [0.15, 0.2) is 65.2 Å². The number of oxime groups is 2. The van der Waals surface area contributed by atoms with Gasteiger partial charge in [0.05, 0.1) is 12.8 Å². The summed E-state index contributed by atoms with van der Waals surface area (Å²) >= 11 is 6.01. The number of halogens is 1. The molecule has 1 heterocycles. The number of rotatable bonds is 10. The summed E-state index contributed by atoms with van der Waals surface area (Å²) in [5.74, 6) is 0.208. The first-order chi connectivity index (χ1) is 17.3. The van der Waals surface area contributed by atoms with Gasteiger partial charge in [-0.25, -0.2) is 14.8 Å². The summed E-state index contributed by atoms with van der Waals surface area (Å²) < 4.78 is 10.9. The molecule has 36 heavy (non-hydrogen) atoms. The summed E-state index contributed by atoms with van der Waals surface area (Å²) in [4.78, 5) is 33.0. The Balaban J connectivity index is 1.89. The smallest absolute Gasteiger partial charge is 0.361 e. The second-order valence-electron chi connectivity index (χ2n) is 7.60. The molecule has 0 amide bonds. The fraction of sp³-hybridized carbons (Fsp3) is 0.240. The third-order valence-electron chi connectivity index (χ3n) is 4.80. The van der Waals surface area contributed by atoms with Gasteiger partial charge in [-0.05, 0) is 36.8 Å². The SMILES string of the molecule is CON=C(C(=O)OC)c1c(Oc2cccc(C(C)=NOCc3cccc(Cl)c3)c2)ncnc1N(C)C. The van der Waals surface area contributed by atoms with Crippen LogP contribution in [0.4, 0.5) is 5.82 Å². The van der Waals surface area contributed by atoms with Gasteiger partial charge in [-0.3, -0.25) is 0 Å². The third kappa shape index (κ3) is 6.70. The molecule has 0 fully saturated rings. The van der Waals surface area contributed by atoms with E-state index in [9.17, 15) is 4.79 Å². The van der Waals surface area contributed by atoms with Crippen molar-refractivity contribution in [1.29, 1.82) is 0 Å². The molecule has 11 heteroatoms. The van der Waals surface area contributed by atoms with E-state index in [-0.39, 0.29) is 23.8 Å². The quantitative estimate of drug-likeness (QED) is 0.223. The van der Waals surface area contributed by atoms with Gasteiger partial charge in [0.25, 0.3) is 0 Å². The molecule has 0 spiro atoms. The van der Waals surface area contributed by atoms with Crippen molar-refractivity contribution in [3.05, 3.63) is 76.6 Å². The maximum absolute atomic E-state index is 12.4. The minimum atomic E-state index is -0.729. The van der Waals surface area contributed by atoms with E-state index in [1.165, 1.54) is 20.5 Å². The maximum atomic E-state index is 12.4. The van der Waals surface area contributed by atoms with E-state index in [1.807, 2.05) is 31.2 Å². The number of carbonyl (C=O) groups excluding carboxylic acids is 1. The van der Waals surface area contributed by atoms with E-state index >= 15 is 0 Å². The van der Waals surface area contributed by atoms with Crippen molar-refractivity contribution in [3.8, 4) is 11.6 Å². The van der Waals surface area contributed by atoms with Gasteiger partial charge in [-0.1, -0.05) is 46.2 Å². The average molecular weight is 512 g/mol. The molecule has 0 saturated carbocycles. The number of aromatic nitrogens is 2. The van der Waals surface area contributed by atoms with Crippen LogP contribution in [0.2, 0.25) is 5.02 Å². The van der Waals surface area contributed by atoms with Crippen molar-refractivity contribution in [3.63, 3.8) is 0 Å². The number of carbonyl (C=O) groups is 1. The Morgan fingerprint density at radius 2 is 1.83 bits per heavy atom. The van der Waals surface area contributed by atoms with E-state index in [4.69, 9.17) is 30.7 Å². The highest BCUT2D eigenvalue weighted by atomic mass is 35.5. The van der Waals surface area contributed by atoms with E-state index in [1.54, 1.807) is 43.3 Å². The highest BCUT2D eigenvalue weighted by Crippen LogP contribution is 2.30. The lowest BCUT2D eigenvalue weighted by Crippen LogP contribution is -2.24. The van der Waals surface area contributed by atoms with E-state index < -0.39 is 5.97 Å². The molecule has 2 aromatic carbocycles. The highest BCUT2D eigenvalue weighted by molar-refractivity contribution is 6.44. The number of hydrogen-bond acceptors (Lipinski definition) is 10. The maximum Gasteiger partial charge on any atom is 0.361 e. The van der Waals surface area contributed by atoms with Gasteiger partial charge in [-0.2, -0.15) is 0 Å². The molecule has 0 bridgehead atoms. The number of anilines is 1. The fourth-order valence-corrected chi connectivity index (χ4v) is 3.35. The normalized spacial score (nSPS) is 11.6. The van der Waals surface area contributed by atoms with Crippen LogP contribution >= 0.6 is 11.6 Å². The summed E-state index contributed by atoms with van der Waals surface area (Å²) in [6.07, 6.45) is 1.33. The topological polar surface area (TPSA) is 108 Å². The van der Waals surface area contributed by atoms with Crippen molar-refractivity contribution >= 4 is 34.8 Å². The van der Waals surface area contributed by atoms with Crippen molar-refractivity contribution < 1.29 is 23.9 Å². The zero-order valence-corrected chi connectivity index (χ0v) is 21.3. The van der Waals surface area contributed by atoms with Crippen LogP contribution < -0.4 is 9.64 Å². The van der Waals surface area contributed by atoms with Crippen LogP contribution in [0.3, 0.4) is 0 Å². The Labute approximate surface area is 214 Å². The standard InChI is InChI=1S/C25H26ClN5O5/c1-16(29-35-14-17-8-6-10-19(26)12-17)18-9-7-11-20(13-18)36-24-21(22(30-34-5)25(32)33-4)23(31(2)3)27-15-28-24/h6-13,15H,14H2,1-5H3. The second kappa shape index (κ2) is 12.5. The number of esters is 1. The van der Waals surface area contributed by atoms with Crippen molar-refractivity contribution in [2.75, 3.05) is 33.2 Å². The molecule has 0 aliphatic carbocycles. The summed E-state index contributed by atoms with van der Waals surface area (Å²) in [5, 5.41) is 8.66. The summed E-state index contributed by atoms with van der Waals surface area (Å²) in [7, 11) is 6.10. The zero-order valence-electron chi connectivity index (χ0n) is 20.6. The van der Waals surface area contributed by atoms with Gasteiger partial charge in [-0.15, -0.1) is 0 Å². The monoisotopic (exact) mass is 511 g/mol. The Bertz CT molecular complexity index is 1280. The zero-order chi connectivity index (χ0) is 26.1. The van der Waals surface area contributed by atoms with Gasteiger partial charge >= 0.3 is 5.97 Å². The van der Waals surface area contributed by atoms with Crippen LogP contribution in [-0.4, -0.2) is 55.7 Å². The molecular weight excluding hydrogens is 486 g/mol. The Morgan fingerprint density at radius 3 is 2.53 bits per heavy atom. The molecule has 0 unspecified atom stereocenters. The average Bonchev–Trinajstić information content (AvgIpc) is 2.87. The molecule has 188 valence electrons. The van der Waals surface area contributed by atoms with Gasteiger partial charge in [0.2, 0.25) is 11.6 Å². The van der Waals surface area contributed by atoms with Crippen molar-refractivity contribution in [1.82, 2.24) is 9.97 Å². The van der Waals surface area contributed by atoms with E-state index in [0.717, 1.165) is 11.1 Å². The molecule has 0 aliphatic heterocycles.